The molecule has 0 spiro atoms. The number of carbonyl (C=O) groups is 1. The van der Waals surface area contributed by atoms with Gasteiger partial charge in [0.1, 0.15) is 11.6 Å². The fourth-order valence-corrected chi connectivity index (χ4v) is 4.72. The van der Waals surface area contributed by atoms with Crippen LogP contribution in [0.25, 0.3) is 0 Å². The van der Waals surface area contributed by atoms with Crippen molar-refractivity contribution in [2.24, 2.45) is 0 Å². The van der Waals surface area contributed by atoms with Crippen LogP contribution in [0.5, 0.6) is 5.75 Å². The average molecular weight is 439 g/mol. The second-order valence-electron chi connectivity index (χ2n) is 9.19. The molecule has 0 unspecified atom stereocenters. The molecule has 0 radical (unpaired) electrons. The van der Waals surface area contributed by atoms with Gasteiger partial charge >= 0.3 is 0 Å². The Kier molecular flexibility index (Phi) is 6.94. The molecule has 3 heterocycles. The van der Waals surface area contributed by atoms with Crippen LogP contribution < -0.4 is 10.3 Å². The lowest BCUT2D eigenvalue weighted by atomic mass is 9.94. The number of carbonyl (C=O) groups excluding carboxylic acids is 1. The van der Waals surface area contributed by atoms with E-state index in [1.165, 1.54) is 0 Å². The van der Waals surface area contributed by atoms with Crippen LogP contribution in [0.2, 0.25) is 0 Å². The van der Waals surface area contributed by atoms with Crippen LogP contribution in [0.3, 0.4) is 0 Å². The smallest absolute Gasteiger partial charge is 0.254 e. The Morgan fingerprint density at radius 3 is 2.56 bits per heavy atom. The molecule has 172 valence electrons. The summed E-state index contributed by atoms with van der Waals surface area (Å²) < 4.78 is 5.19. The van der Waals surface area contributed by atoms with Crippen molar-refractivity contribution in [3.8, 4) is 5.75 Å². The number of fused-ring (bicyclic) bond motifs is 1. The summed E-state index contributed by atoms with van der Waals surface area (Å²) in [6.07, 6.45) is 3.68. The summed E-state index contributed by atoms with van der Waals surface area (Å²) >= 11 is 0. The highest BCUT2D eigenvalue weighted by molar-refractivity contribution is 5.76. The molecule has 1 N–H and O–H groups in total. The summed E-state index contributed by atoms with van der Waals surface area (Å²) in [5.41, 5.74) is 2.94. The number of rotatable bonds is 6. The Labute approximate surface area is 189 Å². The standard InChI is InChI=1S/C25H34N4O3/c1-17(2)29-15-12-21-22(16-29)26-24(27-25(21)31)19-10-13-28(14-11-19)23(30)9-6-18-4-7-20(32-3)8-5-18/h4-5,7-8,17,19H,6,9-16H2,1-3H3,(H,26,27,31). The minimum atomic E-state index is 0.0198. The Hall–Kier alpha value is -2.67. The topological polar surface area (TPSA) is 78.5 Å². The maximum atomic E-state index is 12.7. The van der Waals surface area contributed by atoms with Crippen LogP contribution in [0.15, 0.2) is 29.1 Å². The molecular weight excluding hydrogens is 404 g/mol. The number of ether oxygens (including phenoxy) is 1. The van der Waals surface area contributed by atoms with Crippen LogP contribution in [0, 0.1) is 0 Å². The first-order valence-corrected chi connectivity index (χ1v) is 11.7. The summed E-state index contributed by atoms with van der Waals surface area (Å²) in [7, 11) is 1.65. The van der Waals surface area contributed by atoms with Crippen LogP contribution >= 0.6 is 0 Å². The van der Waals surface area contributed by atoms with Gasteiger partial charge in [0.05, 0.1) is 12.8 Å². The zero-order valence-corrected chi connectivity index (χ0v) is 19.4. The Bertz CT molecular complexity index is 991. The predicted molar refractivity (Wildman–Crippen MR) is 124 cm³/mol. The molecule has 1 saturated heterocycles. The average Bonchev–Trinajstić information content (AvgIpc) is 2.82. The van der Waals surface area contributed by atoms with Crippen LogP contribution in [0.4, 0.5) is 0 Å². The van der Waals surface area contributed by atoms with Crippen molar-refractivity contribution in [1.29, 1.82) is 0 Å². The van der Waals surface area contributed by atoms with Crippen molar-refractivity contribution in [2.75, 3.05) is 26.7 Å². The van der Waals surface area contributed by atoms with Crippen molar-refractivity contribution in [1.82, 2.24) is 19.8 Å². The first-order chi connectivity index (χ1) is 15.4. The highest BCUT2D eigenvalue weighted by Crippen LogP contribution is 2.27. The molecule has 32 heavy (non-hydrogen) atoms. The zero-order chi connectivity index (χ0) is 22.7. The maximum absolute atomic E-state index is 12.7. The lowest BCUT2D eigenvalue weighted by Gasteiger charge is -2.33. The second kappa shape index (κ2) is 9.86. The van der Waals surface area contributed by atoms with Gasteiger partial charge in [-0.1, -0.05) is 12.1 Å². The lowest BCUT2D eigenvalue weighted by Crippen LogP contribution is -2.41. The van der Waals surface area contributed by atoms with E-state index in [0.717, 1.165) is 67.2 Å². The third-order valence-corrected chi connectivity index (χ3v) is 6.87. The Morgan fingerprint density at radius 1 is 1.19 bits per heavy atom. The van der Waals surface area contributed by atoms with Gasteiger partial charge in [-0.2, -0.15) is 0 Å². The van der Waals surface area contributed by atoms with E-state index in [2.05, 4.69) is 23.7 Å². The van der Waals surface area contributed by atoms with E-state index >= 15 is 0 Å². The highest BCUT2D eigenvalue weighted by atomic mass is 16.5. The number of nitrogens with zero attached hydrogens (tertiary/aromatic N) is 3. The molecule has 0 atom stereocenters. The van der Waals surface area contributed by atoms with E-state index in [1.54, 1.807) is 7.11 Å². The van der Waals surface area contributed by atoms with Gasteiger partial charge in [-0.3, -0.25) is 14.5 Å². The largest absolute Gasteiger partial charge is 0.497 e. The molecule has 2 aliphatic heterocycles. The summed E-state index contributed by atoms with van der Waals surface area (Å²) in [6, 6.07) is 8.32. The number of aromatic nitrogens is 2. The number of aromatic amines is 1. The van der Waals surface area contributed by atoms with Gasteiger partial charge in [-0.15, -0.1) is 0 Å². The maximum Gasteiger partial charge on any atom is 0.254 e. The molecule has 1 aromatic heterocycles. The number of benzene rings is 1. The van der Waals surface area contributed by atoms with Gasteiger partial charge in [-0.25, -0.2) is 4.98 Å². The molecule has 1 fully saturated rings. The van der Waals surface area contributed by atoms with Gasteiger partial charge in [0.15, 0.2) is 0 Å². The fraction of sp³-hybridized carbons (Fsp3) is 0.560. The van der Waals surface area contributed by atoms with Gasteiger partial charge < -0.3 is 14.6 Å². The first kappa shape index (κ1) is 22.5. The van der Waals surface area contributed by atoms with Crippen molar-refractivity contribution in [3.63, 3.8) is 0 Å². The quantitative estimate of drug-likeness (QED) is 0.750. The molecule has 1 aromatic carbocycles. The van der Waals surface area contributed by atoms with Crippen molar-refractivity contribution < 1.29 is 9.53 Å². The number of hydrogen-bond acceptors (Lipinski definition) is 5. The van der Waals surface area contributed by atoms with Crippen LogP contribution in [0.1, 0.15) is 61.7 Å². The van der Waals surface area contributed by atoms with E-state index in [-0.39, 0.29) is 17.4 Å². The molecule has 2 aliphatic rings. The monoisotopic (exact) mass is 438 g/mol. The number of amides is 1. The van der Waals surface area contributed by atoms with E-state index in [9.17, 15) is 9.59 Å². The minimum Gasteiger partial charge on any atom is -0.497 e. The van der Waals surface area contributed by atoms with Gasteiger partial charge in [0.2, 0.25) is 5.91 Å². The zero-order valence-electron chi connectivity index (χ0n) is 19.4. The molecule has 1 amide bonds. The highest BCUT2D eigenvalue weighted by Gasteiger charge is 2.28. The predicted octanol–water partition coefficient (Wildman–Crippen LogP) is 2.88. The summed E-state index contributed by atoms with van der Waals surface area (Å²) in [5, 5.41) is 0. The van der Waals surface area contributed by atoms with Crippen molar-refractivity contribution in [3.05, 3.63) is 57.3 Å². The number of nitrogens with one attached hydrogen (secondary N) is 1. The molecule has 0 saturated carbocycles. The number of methoxy groups -OCH3 is 1. The summed E-state index contributed by atoms with van der Waals surface area (Å²) in [4.78, 5) is 37.6. The summed E-state index contributed by atoms with van der Waals surface area (Å²) in [5.74, 6) is 2.02. The van der Waals surface area contributed by atoms with E-state index in [4.69, 9.17) is 9.72 Å². The SMILES string of the molecule is COc1ccc(CCC(=O)N2CCC(c3nc4c(c(=O)[nH]3)CCN(C(C)C)C4)CC2)cc1. The van der Waals surface area contributed by atoms with Crippen LogP contribution in [-0.4, -0.2) is 58.5 Å². The molecule has 0 aliphatic carbocycles. The molecular formula is C25H34N4O3. The van der Waals surface area contributed by atoms with E-state index < -0.39 is 0 Å². The van der Waals surface area contributed by atoms with Crippen molar-refractivity contribution >= 4 is 5.91 Å². The van der Waals surface area contributed by atoms with Crippen LogP contribution in [-0.2, 0) is 24.2 Å². The van der Waals surface area contributed by atoms with E-state index in [0.29, 0.717) is 25.6 Å². The number of likely N-dealkylation sites (tertiary alicyclic amines) is 1. The number of aryl methyl sites for hydroxylation is 1. The van der Waals surface area contributed by atoms with E-state index in [1.807, 2.05) is 29.2 Å². The van der Waals surface area contributed by atoms with Gasteiger partial charge in [0, 0.05) is 50.1 Å². The Balaban J connectivity index is 1.33. The number of hydrogen-bond donors (Lipinski definition) is 1. The number of piperidine rings is 1. The third-order valence-electron chi connectivity index (χ3n) is 6.87. The number of H-pyrrole nitrogens is 1. The normalized spacial score (nSPS) is 17.4. The minimum absolute atomic E-state index is 0.0198. The van der Waals surface area contributed by atoms with Gasteiger partial charge in [-0.05, 0) is 57.2 Å². The molecule has 2 aromatic rings. The molecule has 7 heteroatoms. The second-order valence-corrected chi connectivity index (χ2v) is 9.19. The third kappa shape index (κ3) is 5.04. The molecule has 0 bridgehead atoms. The lowest BCUT2D eigenvalue weighted by molar-refractivity contribution is -0.132. The Morgan fingerprint density at radius 2 is 1.91 bits per heavy atom. The van der Waals surface area contributed by atoms with Gasteiger partial charge in [0.25, 0.3) is 5.56 Å². The van der Waals surface area contributed by atoms with Crippen molar-refractivity contribution in [2.45, 2.75) is 64.5 Å². The molecule has 4 rings (SSSR count). The fourth-order valence-electron chi connectivity index (χ4n) is 4.72. The summed E-state index contributed by atoms with van der Waals surface area (Å²) in [6.45, 7) is 7.44. The first-order valence-electron chi connectivity index (χ1n) is 11.7. The molecule has 7 nitrogen and oxygen atoms in total.